The van der Waals surface area contributed by atoms with Gasteiger partial charge < -0.3 is 4.42 Å². The summed E-state index contributed by atoms with van der Waals surface area (Å²) in [5, 5.41) is 0.220. The molecule has 18 heavy (non-hydrogen) atoms. The van der Waals surface area contributed by atoms with Crippen LogP contribution < -0.4 is 16.9 Å². The van der Waals surface area contributed by atoms with Crippen LogP contribution in [-0.4, -0.2) is 18.0 Å². The van der Waals surface area contributed by atoms with Crippen LogP contribution >= 0.6 is 0 Å². The van der Waals surface area contributed by atoms with E-state index in [9.17, 15) is 14.4 Å². The summed E-state index contributed by atoms with van der Waals surface area (Å²) in [5.74, 6) is -1.24. The van der Waals surface area contributed by atoms with Crippen molar-refractivity contribution in [3.05, 3.63) is 44.7 Å². The van der Waals surface area contributed by atoms with E-state index in [0.717, 1.165) is 0 Å². The maximum absolute atomic E-state index is 11.5. The minimum Gasteiger partial charge on any atom is -0.372 e. The predicted octanol–water partition coefficient (Wildman–Crippen LogP) is -0.299. The summed E-state index contributed by atoms with van der Waals surface area (Å²) in [6.07, 6.45) is -0.0232. The van der Waals surface area contributed by atoms with Gasteiger partial charge in [0.05, 0.1) is 24.4 Å². The number of benzene rings is 1. The number of para-hydroxylation sites is 1. The van der Waals surface area contributed by atoms with Crippen molar-refractivity contribution >= 4 is 16.8 Å². The van der Waals surface area contributed by atoms with Gasteiger partial charge in [-0.05, 0) is 11.6 Å². The van der Waals surface area contributed by atoms with E-state index in [1.54, 1.807) is 12.1 Å². The first-order valence-electron chi connectivity index (χ1n) is 5.08. The minimum absolute atomic E-state index is 0.0232. The fraction of sp³-hybridized carbons (Fsp3) is 0.182. The third kappa shape index (κ3) is 2.30. The molecular weight excluding hydrogens is 240 g/mol. The normalized spacial score (nSPS) is 10.5. The highest BCUT2D eigenvalue weighted by Gasteiger charge is 2.10. The molecule has 0 aliphatic carbocycles. The van der Waals surface area contributed by atoms with Crippen LogP contribution in [0.1, 0.15) is 5.56 Å². The summed E-state index contributed by atoms with van der Waals surface area (Å²) in [5.41, 5.74) is 2.22. The van der Waals surface area contributed by atoms with Crippen molar-refractivity contribution in [2.24, 2.45) is 0 Å². The summed E-state index contributed by atoms with van der Waals surface area (Å²) in [6.45, 7) is 0. The number of nitrogens with one attached hydrogen (secondary N) is 2. The lowest BCUT2D eigenvalue weighted by molar-refractivity contribution is -0.130. The highest BCUT2D eigenvalue weighted by molar-refractivity contribution is 5.86. The standard InChI is InChI=1S/C11H10N2O5/c1-17-13-8(14)5-6-3-2-4-7-9(6)12-11(16)18-10(7)15/h2-4H,5H2,1H3,(H,12,16)(H,13,14). The molecule has 94 valence electrons. The second-order valence-electron chi connectivity index (χ2n) is 3.55. The zero-order valence-corrected chi connectivity index (χ0v) is 9.48. The molecule has 0 radical (unpaired) electrons. The molecule has 0 unspecified atom stereocenters. The van der Waals surface area contributed by atoms with Crippen molar-refractivity contribution in [2.45, 2.75) is 6.42 Å². The molecule has 0 atom stereocenters. The lowest BCUT2D eigenvalue weighted by atomic mass is 10.1. The Bertz CT molecular complexity index is 700. The minimum atomic E-state index is -0.855. The number of carbonyl (C=O) groups excluding carboxylic acids is 1. The van der Waals surface area contributed by atoms with Crippen molar-refractivity contribution in [1.29, 1.82) is 0 Å². The second-order valence-corrected chi connectivity index (χ2v) is 3.55. The van der Waals surface area contributed by atoms with Crippen molar-refractivity contribution in [3.8, 4) is 0 Å². The Morgan fingerprint density at radius 2 is 2.22 bits per heavy atom. The Kier molecular flexibility index (Phi) is 3.24. The fourth-order valence-corrected chi connectivity index (χ4v) is 1.65. The SMILES string of the molecule is CONC(=O)Cc1cccc2c(=O)oc(=O)[nH]c12. The van der Waals surface area contributed by atoms with E-state index >= 15 is 0 Å². The van der Waals surface area contributed by atoms with Crippen LogP contribution in [0.2, 0.25) is 0 Å². The van der Waals surface area contributed by atoms with E-state index in [2.05, 4.69) is 19.7 Å². The van der Waals surface area contributed by atoms with Crippen LogP contribution in [0.15, 0.2) is 32.2 Å². The van der Waals surface area contributed by atoms with Crippen molar-refractivity contribution in [2.75, 3.05) is 7.11 Å². The van der Waals surface area contributed by atoms with E-state index in [4.69, 9.17) is 0 Å². The highest BCUT2D eigenvalue weighted by atomic mass is 16.6. The summed E-state index contributed by atoms with van der Waals surface area (Å²) >= 11 is 0. The van der Waals surface area contributed by atoms with E-state index in [-0.39, 0.29) is 17.7 Å². The summed E-state index contributed by atoms with van der Waals surface area (Å²) < 4.78 is 4.41. The molecule has 0 spiro atoms. The molecule has 0 aliphatic heterocycles. The topological polar surface area (TPSA) is 101 Å². The quantitative estimate of drug-likeness (QED) is 0.728. The number of hydroxylamine groups is 1. The van der Waals surface area contributed by atoms with Crippen LogP contribution in [0.25, 0.3) is 10.9 Å². The van der Waals surface area contributed by atoms with E-state index < -0.39 is 11.4 Å². The smallest absolute Gasteiger partial charge is 0.372 e. The molecule has 0 saturated carbocycles. The number of rotatable bonds is 3. The van der Waals surface area contributed by atoms with Crippen LogP contribution in [-0.2, 0) is 16.1 Å². The van der Waals surface area contributed by atoms with Gasteiger partial charge in [-0.2, -0.15) is 0 Å². The lowest BCUT2D eigenvalue weighted by Crippen LogP contribution is -2.24. The number of fused-ring (bicyclic) bond motifs is 1. The van der Waals surface area contributed by atoms with E-state index in [1.807, 2.05) is 0 Å². The number of carbonyl (C=O) groups is 1. The van der Waals surface area contributed by atoms with Gasteiger partial charge in [0.2, 0.25) is 5.91 Å². The largest absolute Gasteiger partial charge is 0.419 e. The molecule has 1 amide bonds. The van der Waals surface area contributed by atoms with Gasteiger partial charge in [-0.25, -0.2) is 15.1 Å². The third-order valence-electron chi connectivity index (χ3n) is 2.35. The molecule has 7 heteroatoms. The highest BCUT2D eigenvalue weighted by Crippen LogP contribution is 2.12. The Morgan fingerprint density at radius 3 is 2.94 bits per heavy atom. The Morgan fingerprint density at radius 1 is 1.44 bits per heavy atom. The summed E-state index contributed by atoms with van der Waals surface area (Å²) in [4.78, 5) is 40.9. The maximum Gasteiger partial charge on any atom is 0.419 e. The van der Waals surface area contributed by atoms with Crippen molar-refractivity contribution in [3.63, 3.8) is 0 Å². The number of aromatic nitrogens is 1. The molecule has 2 rings (SSSR count). The molecule has 0 bridgehead atoms. The fourth-order valence-electron chi connectivity index (χ4n) is 1.65. The van der Waals surface area contributed by atoms with Gasteiger partial charge in [0.1, 0.15) is 0 Å². The van der Waals surface area contributed by atoms with Gasteiger partial charge in [0, 0.05) is 0 Å². The number of H-pyrrole nitrogens is 1. The molecule has 1 heterocycles. The average Bonchev–Trinajstić information content (AvgIpc) is 2.30. The first-order chi connectivity index (χ1) is 8.61. The van der Waals surface area contributed by atoms with Gasteiger partial charge >= 0.3 is 11.4 Å². The number of aromatic amines is 1. The lowest BCUT2D eigenvalue weighted by Gasteiger charge is -2.04. The Balaban J connectivity index is 2.55. The van der Waals surface area contributed by atoms with Crippen LogP contribution in [0.3, 0.4) is 0 Å². The molecule has 0 saturated heterocycles. The van der Waals surface area contributed by atoms with Gasteiger partial charge in [0.15, 0.2) is 0 Å². The van der Waals surface area contributed by atoms with E-state index in [1.165, 1.54) is 13.2 Å². The monoisotopic (exact) mass is 250 g/mol. The molecule has 7 nitrogen and oxygen atoms in total. The van der Waals surface area contributed by atoms with Crippen LogP contribution in [0.5, 0.6) is 0 Å². The van der Waals surface area contributed by atoms with Crippen molar-refractivity contribution < 1.29 is 14.0 Å². The molecular formula is C11H10N2O5. The first-order valence-corrected chi connectivity index (χ1v) is 5.08. The van der Waals surface area contributed by atoms with Gasteiger partial charge in [0.25, 0.3) is 0 Å². The van der Waals surface area contributed by atoms with Gasteiger partial charge in [-0.1, -0.05) is 12.1 Å². The van der Waals surface area contributed by atoms with E-state index in [0.29, 0.717) is 11.1 Å². The molecule has 2 N–H and O–H groups in total. The zero-order valence-electron chi connectivity index (χ0n) is 9.48. The molecule has 1 aromatic carbocycles. The number of hydrogen-bond donors (Lipinski definition) is 2. The first kappa shape index (κ1) is 12.1. The third-order valence-corrected chi connectivity index (χ3v) is 2.35. The zero-order chi connectivity index (χ0) is 13.1. The van der Waals surface area contributed by atoms with Crippen molar-refractivity contribution in [1.82, 2.24) is 10.5 Å². The predicted molar refractivity (Wildman–Crippen MR) is 62.0 cm³/mol. The molecule has 1 aromatic heterocycles. The second kappa shape index (κ2) is 4.84. The number of hydrogen-bond acceptors (Lipinski definition) is 5. The van der Waals surface area contributed by atoms with Gasteiger partial charge in [-0.3, -0.25) is 14.6 Å². The summed E-state index contributed by atoms with van der Waals surface area (Å²) in [6, 6.07) is 4.74. The van der Waals surface area contributed by atoms with Gasteiger partial charge in [-0.15, -0.1) is 0 Å². The molecule has 2 aromatic rings. The molecule has 0 fully saturated rings. The number of amides is 1. The molecule has 0 aliphatic rings. The summed E-state index contributed by atoms with van der Waals surface area (Å²) in [7, 11) is 1.32. The van der Waals surface area contributed by atoms with Crippen LogP contribution in [0, 0.1) is 0 Å². The maximum atomic E-state index is 11.5. The van der Waals surface area contributed by atoms with Crippen LogP contribution in [0.4, 0.5) is 0 Å². The Labute approximate surface area is 100 Å². The average molecular weight is 250 g/mol. The Hall–Kier alpha value is -2.41.